The van der Waals surface area contributed by atoms with Gasteiger partial charge in [-0.25, -0.2) is 9.97 Å². The van der Waals surface area contributed by atoms with Crippen LogP contribution < -0.4 is 9.64 Å². The summed E-state index contributed by atoms with van der Waals surface area (Å²) < 4.78 is 10.6. The van der Waals surface area contributed by atoms with Crippen LogP contribution in [-0.2, 0) is 6.54 Å². The molecule has 30 heavy (non-hydrogen) atoms. The number of anilines is 1. The highest BCUT2D eigenvalue weighted by atomic mass is 16.5. The maximum Gasteiger partial charge on any atom is 0.257 e. The molecule has 0 unspecified atom stereocenters. The zero-order chi connectivity index (χ0) is 21.1. The molecule has 158 valence electrons. The Balaban J connectivity index is 1.36. The normalized spacial score (nSPS) is 15.0. The van der Waals surface area contributed by atoms with Gasteiger partial charge in [-0.3, -0.25) is 4.90 Å². The summed E-state index contributed by atoms with van der Waals surface area (Å²) >= 11 is 0. The van der Waals surface area contributed by atoms with E-state index in [1.165, 1.54) is 0 Å². The lowest BCUT2D eigenvalue weighted by Crippen LogP contribution is -2.46. The van der Waals surface area contributed by atoms with E-state index in [1.54, 1.807) is 7.11 Å². The van der Waals surface area contributed by atoms with Crippen molar-refractivity contribution in [3.05, 3.63) is 47.7 Å². The summed E-state index contributed by atoms with van der Waals surface area (Å²) in [6.45, 7) is 10.6. The smallest absolute Gasteiger partial charge is 0.257 e. The van der Waals surface area contributed by atoms with Crippen LogP contribution >= 0.6 is 0 Å². The number of piperazine rings is 1. The second-order valence-corrected chi connectivity index (χ2v) is 7.89. The zero-order valence-electron chi connectivity index (χ0n) is 18.0. The van der Waals surface area contributed by atoms with Gasteiger partial charge >= 0.3 is 0 Å². The number of benzene rings is 1. The third kappa shape index (κ3) is 4.59. The van der Waals surface area contributed by atoms with Gasteiger partial charge in [-0.05, 0) is 31.2 Å². The molecule has 0 saturated carbocycles. The van der Waals surface area contributed by atoms with Crippen LogP contribution in [0.4, 0.5) is 5.82 Å². The number of nitrogens with zero attached hydrogens (tertiary/aromatic N) is 6. The van der Waals surface area contributed by atoms with Crippen molar-refractivity contribution < 1.29 is 9.26 Å². The Morgan fingerprint density at radius 2 is 1.77 bits per heavy atom. The van der Waals surface area contributed by atoms with Crippen molar-refractivity contribution >= 4 is 5.82 Å². The number of methoxy groups -OCH3 is 1. The molecule has 1 fully saturated rings. The first-order valence-corrected chi connectivity index (χ1v) is 10.3. The molecule has 0 spiro atoms. The van der Waals surface area contributed by atoms with Gasteiger partial charge in [0, 0.05) is 49.4 Å². The molecule has 0 atom stereocenters. The summed E-state index contributed by atoms with van der Waals surface area (Å²) in [5.74, 6) is 4.29. The van der Waals surface area contributed by atoms with Crippen molar-refractivity contribution in [2.45, 2.75) is 33.2 Å². The van der Waals surface area contributed by atoms with Crippen LogP contribution in [0.15, 0.2) is 34.9 Å². The fourth-order valence-corrected chi connectivity index (χ4v) is 3.50. The van der Waals surface area contributed by atoms with Crippen LogP contribution in [0.3, 0.4) is 0 Å². The third-order valence-electron chi connectivity index (χ3n) is 5.24. The molecule has 8 heteroatoms. The molecule has 1 aromatic carbocycles. The Morgan fingerprint density at radius 1 is 1.03 bits per heavy atom. The molecule has 0 aliphatic carbocycles. The number of hydrogen-bond donors (Lipinski definition) is 0. The Bertz CT molecular complexity index is 978. The van der Waals surface area contributed by atoms with Gasteiger partial charge in [0.1, 0.15) is 17.4 Å². The maximum absolute atomic E-state index is 5.45. The van der Waals surface area contributed by atoms with Crippen molar-refractivity contribution in [1.82, 2.24) is 25.0 Å². The van der Waals surface area contributed by atoms with Gasteiger partial charge in [0.15, 0.2) is 5.82 Å². The summed E-state index contributed by atoms with van der Waals surface area (Å²) in [6.07, 6.45) is 0. The van der Waals surface area contributed by atoms with Gasteiger partial charge in [0.25, 0.3) is 5.89 Å². The summed E-state index contributed by atoms with van der Waals surface area (Å²) in [6, 6.07) is 9.69. The van der Waals surface area contributed by atoms with E-state index < -0.39 is 0 Å². The van der Waals surface area contributed by atoms with Gasteiger partial charge in [-0.1, -0.05) is 19.0 Å². The fraction of sp³-hybridized carbons (Fsp3) is 0.455. The summed E-state index contributed by atoms with van der Waals surface area (Å²) in [7, 11) is 1.65. The molecular weight excluding hydrogens is 380 g/mol. The van der Waals surface area contributed by atoms with Crippen LogP contribution in [0.25, 0.3) is 11.5 Å². The fourth-order valence-electron chi connectivity index (χ4n) is 3.50. The summed E-state index contributed by atoms with van der Waals surface area (Å²) in [5, 5.41) is 4.16. The highest BCUT2D eigenvalue weighted by Crippen LogP contribution is 2.22. The minimum Gasteiger partial charge on any atom is -0.497 e. The minimum atomic E-state index is 0.322. The lowest BCUT2D eigenvalue weighted by atomic mass is 10.2. The minimum absolute atomic E-state index is 0.322. The van der Waals surface area contributed by atoms with E-state index in [2.05, 4.69) is 44.8 Å². The first kappa shape index (κ1) is 20.3. The Labute approximate surface area is 176 Å². The number of hydrogen-bond acceptors (Lipinski definition) is 8. The van der Waals surface area contributed by atoms with Gasteiger partial charge in [-0.2, -0.15) is 4.98 Å². The van der Waals surface area contributed by atoms with Crippen molar-refractivity contribution in [1.29, 1.82) is 0 Å². The van der Waals surface area contributed by atoms with Crippen molar-refractivity contribution in [2.75, 3.05) is 38.2 Å². The average Bonchev–Trinajstić information content (AvgIpc) is 3.22. The number of aromatic nitrogens is 4. The van der Waals surface area contributed by atoms with Crippen LogP contribution in [0.2, 0.25) is 0 Å². The Morgan fingerprint density at radius 3 is 2.43 bits per heavy atom. The van der Waals surface area contributed by atoms with E-state index in [0.717, 1.165) is 54.8 Å². The summed E-state index contributed by atoms with van der Waals surface area (Å²) in [4.78, 5) is 18.5. The second kappa shape index (κ2) is 8.79. The molecule has 3 heterocycles. The predicted molar refractivity (Wildman–Crippen MR) is 115 cm³/mol. The quantitative estimate of drug-likeness (QED) is 0.615. The van der Waals surface area contributed by atoms with Gasteiger partial charge in [0.05, 0.1) is 13.7 Å². The van der Waals surface area contributed by atoms with Crippen LogP contribution in [-0.4, -0.2) is 58.3 Å². The molecule has 1 aliphatic heterocycles. The molecular formula is C22H28N6O2. The van der Waals surface area contributed by atoms with Gasteiger partial charge in [-0.15, -0.1) is 0 Å². The van der Waals surface area contributed by atoms with Crippen molar-refractivity contribution in [3.63, 3.8) is 0 Å². The highest BCUT2D eigenvalue weighted by Gasteiger charge is 2.21. The van der Waals surface area contributed by atoms with E-state index in [9.17, 15) is 0 Å². The number of aryl methyl sites for hydroxylation is 1. The average molecular weight is 409 g/mol. The SMILES string of the molecule is COc1ccc(-c2nc(CN3CCN(c4cc(C)nc(C(C)C)n4)CC3)no2)cc1. The molecule has 2 aromatic heterocycles. The molecule has 8 nitrogen and oxygen atoms in total. The van der Waals surface area contributed by atoms with E-state index in [4.69, 9.17) is 14.2 Å². The molecule has 3 aromatic rings. The molecule has 0 radical (unpaired) electrons. The number of rotatable bonds is 6. The van der Waals surface area contributed by atoms with Crippen molar-refractivity contribution in [3.8, 4) is 17.2 Å². The van der Waals surface area contributed by atoms with Crippen LogP contribution in [0.1, 0.15) is 37.1 Å². The monoisotopic (exact) mass is 408 g/mol. The topological polar surface area (TPSA) is 80.4 Å². The second-order valence-electron chi connectivity index (χ2n) is 7.89. The molecule has 4 rings (SSSR count). The molecule has 1 aliphatic rings. The van der Waals surface area contributed by atoms with E-state index in [1.807, 2.05) is 31.2 Å². The molecule has 1 saturated heterocycles. The van der Waals surface area contributed by atoms with E-state index in [-0.39, 0.29) is 0 Å². The Kier molecular flexibility index (Phi) is 5.94. The first-order chi connectivity index (χ1) is 14.5. The largest absolute Gasteiger partial charge is 0.497 e. The van der Waals surface area contributed by atoms with E-state index in [0.29, 0.717) is 24.2 Å². The maximum atomic E-state index is 5.45. The third-order valence-corrected chi connectivity index (χ3v) is 5.24. The summed E-state index contributed by atoms with van der Waals surface area (Å²) in [5.41, 5.74) is 1.91. The molecule has 0 amide bonds. The number of ether oxygens (including phenoxy) is 1. The molecule has 0 N–H and O–H groups in total. The lowest BCUT2D eigenvalue weighted by molar-refractivity contribution is 0.239. The van der Waals surface area contributed by atoms with Crippen molar-refractivity contribution in [2.24, 2.45) is 0 Å². The van der Waals surface area contributed by atoms with E-state index >= 15 is 0 Å². The first-order valence-electron chi connectivity index (χ1n) is 10.3. The molecule has 0 bridgehead atoms. The van der Waals surface area contributed by atoms with Gasteiger partial charge < -0.3 is 14.2 Å². The zero-order valence-corrected chi connectivity index (χ0v) is 18.0. The predicted octanol–water partition coefficient (Wildman–Crippen LogP) is 3.29. The lowest BCUT2D eigenvalue weighted by Gasteiger charge is -2.35. The van der Waals surface area contributed by atoms with Crippen LogP contribution in [0, 0.1) is 6.92 Å². The highest BCUT2D eigenvalue weighted by molar-refractivity contribution is 5.54. The Hall–Kier alpha value is -3.00. The van der Waals surface area contributed by atoms with Gasteiger partial charge in [0.2, 0.25) is 0 Å². The standard InChI is InChI=1S/C22H28N6O2/c1-15(2)21-23-16(3)13-20(25-21)28-11-9-27(10-12-28)14-19-24-22(30-26-19)17-5-7-18(29-4)8-6-17/h5-8,13,15H,9-12,14H2,1-4H3. The van der Waals surface area contributed by atoms with Crippen LogP contribution in [0.5, 0.6) is 5.75 Å².